The first-order valence-corrected chi connectivity index (χ1v) is 7.53. The lowest BCUT2D eigenvalue weighted by Gasteiger charge is -2.24. The lowest BCUT2D eigenvalue weighted by atomic mass is 10.2. The molecule has 1 aromatic carbocycles. The molecule has 0 aromatic heterocycles. The van der Waals surface area contributed by atoms with Gasteiger partial charge in [-0.15, -0.1) is 0 Å². The molecular formula is C15H16ClN3O5. The summed E-state index contributed by atoms with van der Waals surface area (Å²) in [5, 5.41) is 10.8. The van der Waals surface area contributed by atoms with Crippen molar-refractivity contribution in [3.63, 3.8) is 0 Å². The van der Waals surface area contributed by atoms with Gasteiger partial charge >= 0.3 is 0 Å². The number of nitrogens with zero attached hydrogens (tertiary/aromatic N) is 2. The number of primary amides is 1. The number of ether oxygens (including phenoxy) is 2. The summed E-state index contributed by atoms with van der Waals surface area (Å²) >= 11 is 5.93. The molecule has 8 nitrogen and oxygen atoms in total. The molecular weight excluding hydrogens is 338 g/mol. The number of nitrogens with two attached hydrogens (primary N) is 1. The molecule has 128 valence electrons. The van der Waals surface area contributed by atoms with Crippen LogP contribution in [0.3, 0.4) is 0 Å². The molecule has 0 saturated carbocycles. The van der Waals surface area contributed by atoms with E-state index < -0.39 is 16.5 Å². The Labute approximate surface area is 143 Å². The molecule has 2 rings (SSSR count). The van der Waals surface area contributed by atoms with E-state index in [1.165, 1.54) is 6.07 Å². The van der Waals surface area contributed by atoms with Crippen LogP contribution in [0.1, 0.15) is 10.4 Å². The van der Waals surface area contributed by atoms with Crippen LogP contribution < -0.4 is 10.5 Å². The number of carbonyl (C=O) groups excluding carboxylic acids is 1. The number of morpholine rings is 1. The molecule has 1 aromatic rings. The van der Waals surface area contributed by atoms with Crippen LogP contribution in [0.25, 0.3) is 0 Å². The predicted molar refractivity (Wildman–Crippen MR) is 87.2 cm³/mol. The fraction of sp³-hybridized carbons (Fsp3) is 0.400. The second-order valence-corrected chi connectivity index (χ2v) is 5.34. The molecule has 0 bridgehead atoms. The molecule has 0 unspecified atom stereocenters. The molecule has 1 amide bonds. The van der Waals surface area contributed by atoms with Crippen molar-refractivity contribution in [2.45, 2.75) is 0 Å². The van der Waals surface area contributed by atoms with Crippen LogP contribution in [0.5, 0.6) is 5.75 Å². The Morgan fingerprint density at radius 1 is 1.42 bits per heavy atom. The largest absolute Gasteiger partial charge is 0.479 e. The summed E-state index contributed by atoms with van der Waals surface area (Å²) in [6, 6.07) is 2.28. The molecule has 1 heterocycles. The van der Waals surface area contributed by atoms with Gasteiger partial charge in [0.25, 0.3) is 5.69 Å². The topological polar surface area (TPSA) is 108 Å². The summed E-state index contributed by atoms with van der Waals surface area (Å²) in [4.78, 5) is 23.7. The fourth-order valence-electron chi connectivity index (χ4n) is 2.06. The van der Waals surface area contributed by atoms with Gasteiger partial charge in [0.15, 0.2) is 5.02 Å². The number of rotatable bonds is 5. The highest BCUT2D eigenvalue weighted by atomic mass is 35.5. The highest BCUT2D eigenvalue weighted by molar-refractivity contribution is 6.34. The van der Waals surface area contributed by atoms with Crippen molar-refractivity contribution in [2.24, 2.45) is 5.73 Å². The van der Waals surface area contributed by atoms with E-state index in [1.807, 2.05) is 0 Å². The minimum Gasteiger partial charge on any atom is -0.479 e. The van der Waals surface area contributed by atoms with Crippen molar-refractivity contribution in [1.82, 2.24) is 4.90 Å². The van der Waals surface area contributed by atoms with Gasteiger partial charge in [0.05, 0.1) is 24.7 Å². The van der Waals surface area contributed by atoms with Crippen molar-refractivity contribution in [3.8, 4) is 17.6 Å². The molecule has 0 atom stereocenters. The number of halogens is 1. The van der Waals surface area contributed by atoms with Gasteiger partial charge in [0.1, 0.15) is 12.4 Å². The Morgan fingerprint density at radius 3 is 2.75 bits per heavy atom. The Bertz CT molecular complexity index is 692. The van der Waals surface area contributed by atoms with E-state index in [4.69, 9.17) is 26.8 Å². The minimum absolute atomic E-state index is 0.000314. The zero-order valence-corrected chi connectivity index (χ0v) is 13.5. The summed E-state index contributed by atoms with van der Waals surface area (Å²) in [7, 11) is 0. The maximum absolute atomic E-state index is 11.2. The number of nitro benzene ring substituents is 1. The number of carbonyl (C=O) groups is 1. The van der Waals surface area contributed by atoms with Gasteiger partial charge in [-0.2, -0.15) is 0 Å². The van der Waals surface area contributed by atoms with Crippen LogP contribution in [0.2, 0.25) is 5.02 Å². The van der Waals surface area contributed by atoms with Gasteiger partial charge in [-0.1, -0.05) is 23.4 Å². The summed E-state index contributed by atoms with van der Waals surface area (Å²) in [5.74, 6) is 4.95. The molecule has 0 radical (unpaired) electrons. The first kappa shape index (κ1) is 18.0. The van der Waals surface area contributed by atoms with Gasteiger partial charge in [0, 0.05) is 24.7 Å². The third-order valence-electron chi connectivity index (χ3n) is 3.33. The van der Waals surface area contributed by atoms with E-state index in [1.54, 1.807) is 0 Å². The number of hydrogen-bond acceptors (Lipinski definition) is 6. The van der Waals surface area contributed by atoms with Crippen molar-refractivity contribution in [3.05, 3.63) is 32.8 Å². The van der Waals surface area contributed by atoms with E-state index in [-0.39, 0.29) is 22.9 Å². The first-order chi connectivity index (χ1) is 11.5. The third-order valence-corrected chi connectivity index (χ3v) is 3.71. The van der Waals surface area contributed by atoms with Crippen molar-refractivity contribution >= 4 is 23.2 Å². The molecule has 1 aliphatic rings. The van der Waals surface area contributed by atoms with E-state index in [2.05, 4.69) is 16.7 Å². The molecule has 9 heteroatoms. The average molecular weight is 354 g/mol. The van der Waals surface area contributed by atoms with Gasteiger partial charge in [-0.05, 0) is 6.07 Å². The van der Waals surface area contributed by atoms with E-state index >= 15 is 0 Å². The van der Waals surface area contributed by atoms with Crippen molar-refractivity contribution in [1.29, 1.82) is 0 Å². The molecule has 2 N–H and O–H groups in total. The normalized spacial score (nSPS) is 14.5. The number of benzene rings is 1. The quantitative estimate of drug-likeness (QED) is 0.482. The summed E-state index contributed by atoms with van der Waals surface area (Å²) in [6.45, 7) is 3.61. The highest BCUT2D eigenvalue weighted by Gasteiger charge is 2.21. The zero-order valence-electron chi connectivity index (χ0n) is 12.8. The summed E-state index contributed by atoms with van der Waals surface area (Å²) in [6.07, 6.45) is 0. The second kappa shape index (κ2) is 8.49. The highest BCUT2D eigenvalue weighted by Crippen LogP contribution is 2.35. The standard InChI is InChI=1S/C15H16ClN3O5/c16-14-12(19(21)22)9-11(15(17)20)10-13(14)24-6-2-1-3-18-4-7-23-8-5-18/h9-10H,3-8H2,(H2,17,20). The Kier molecular flexibility index (Phi) is 6.37. The lowest BCUT2D eigenvalue weighted by Crippen LogP contribution is -2.36. The van der Waals surface area contributed by atoms with Crippen molar-refractivity contribution < 1.29 is 19.2 Å². The maximum Gasteiger partial charge on any atom is 0.292 e. The van der Waals surface area contributed by atoms with Crippen LogP contribution in [-0.2, 0) is 4.74 Å². The van der Waals surface area contributed by atoms with Crippen LogP contribution in [0, 0.1) is 22.0 Å². The van der Waals surface area contributed by atoms with Gasteiger partial charge < -0.3 is 15.2 Å². The summed E-state index contributed by atoms with van der Waals surface area (Å²) < 4.78 is 10.6. The average Bonchev–Trinajstić information content (AvgIpc) is 2.56. The molecule has 0 spiro atoms. The monoisotopic (exact) mass is 353 g/mol. The SMILES string of the molecule is NC(=O)c1cc(OCC#CCN2CCOCC2)c(Cl)c([N+](=O)[O-])c1. The van der Waals surface area contributed by atoms with Gasteiger partial charge in [-0.3, -0.25) is 19.8 Å². The van der Waals surface area contributed by atoms with E-state index in [9.17, 15) is 14.9 Å². The molecule has 0 aliphatic carbocycles. The first-order valence-electron chi connectivity index (χ1n) is 7.15. The number of nitro groups is 1. The number of hydrogen-bond donors (Lipinski definition) is 1. The Balaban J connectivity index is 2.01. The molecule has 24 heavy (non-hydrogen) atoms. The summed E-state index contributed by atoms with van der Waals surface area (Å²) in [5.41, 5.74) is 4.66. The van der Waals surface area contributed by atoms with Crippen LogP contribution >= 0.6 is 11.6 Å². The lowest BCUT2D eigenvalue weighted by molar-refractivity contribution is -0.384. The predicted octanol–water partition coefficient (Wildman–Crippen LogP) is 1.06. The molecule has 1 aliphatic heterocycles. The zero-order chi connectivity index (χ0) is 17.5. The second-order valence-electron chi connectivity index (χ2n) is 4.96. The van der Waals surface area contributed by atoms with Crippen LogP contribution in [0.4, 0.5) is 5.69 Å². The third kappa shape index (κ3) is 4.83. The maximum atomic E-state index is 11.2. The van der Waals surface area contributed by atoms with Crippen LogP contribution in [0.15, 0.2) is 12.1 Å². The molecule has 1 fully saturated rings. The van der Waals surface area contributed by atoms with Gasteiger partial charge in [-0.25, -0.2) is 0 Å². The molecule has 1 saturated heterocycles. The smallest absolute Gasteiger partial charge is 0.292 e. The van der Waals surface area contributed by atoms with Crippen molar-refractivity contribution in [2.75, 3.05) is 39.5 Å². The minimum atomic E-state index is -0.807. The van der Waals surface area contributed by atoms with E-state index in [0.717, 1.165) is 19.2 Å². The Morgan fingerprint density at radius 2 is 2.12 bits per heavy atom. The fourth-order valence-corrected chi connectivity index (χ4v) is 2.29. The van der Waals surface area contributed by atoms with Gasteiger partial charge in [0.2, 0.25) is 5.91 Å². The van der Waals surface area contributed by atoms with E-state index in [0.29, 0.717) is 19.8 Å². The number of amides is 1. The van der Waals surface area contributed by atoms with Crippen LogP contribution in [-0.4, -0.2) is 55.2 Å². The Hall–Kier alpha value is -2.34.